The molecule has 0 bridgehead atoms. The van der Waals surface area contributed by atoms with Gasteiger partial charge in [0.05, 0.1) is 0 Å². The SMILES string of the molecule is CC\C=C/C=C\C=C/C=C\C=C/CCCC(=O)OCC(COC(=O)CCCCCCCCCCCCCC)OC(=O)CCCCC\C=C/C=C\C=C/C=C\CC. The predicted octanol–water partition coefficient (Wildman–Crippen LogP) is 14.0. The number of hydrogen-bond acceptors (Lipinski definition) is 6. The van der Waals surface area contributed by atoms with E-state index in [2.05, 4.69) is 39.0 Å². The van der Waals surface area contributed by atoms with Crippen LogP contribution in [0.5, 0.6) is 0 Å². The zero-order valence-corrected chi connectivity index (χ0v) is 35.6. The van der Waals surface area contributed by atoms with Crippen molar-refractivity contribution in [3.63, 3.8) is 0 Å². The minimum atomic E-state index is -0.825. The van der Waals surface area contributed by atoms with Crippen LogP contribution in [0.25, 0.3) is 0 Å². The van der Waals surface area contributed by atoms with Crippen molar-refractivity contribution in [3.8, 4) is 0 Å². The number of esters is 3. The monoisotopic (exact) mass is 775 g/mol. The molecule has 6 nitrogen and oxygen atoms in total. The summed E-state index contributed by atoms with van der Waals surface area (Å²) in [6.07, 6.45) is 57.9. The van der Waals surface area contributed by atoms with Crippen molar-refractivity contribution in [1.82, 2.24) is 0 Å². The molecule has 0 amide bonds. The molecule has 0 rings (SSSR count). The summed E-state index contributed by atoms with van der Waals surface area (Å²) >= 11 is 0. The first-order valence-corrected chi connectivity index (χ1v) is 22.0. The normalized spacial score (nSPS) is 13.1. The molecular formula is C50H78O6. The van der Waals surface area contributed by atoms with Gasteiger partial charge in [-0.25, -0.2) is 0 Å². The van der Waals surface area contributed by atoms with Crippen molar-refractivity contribution < 1.29 is 28.6 Å². The fourth-order valence-electron chi connectivity index (χ4n) is 5.48. The molecule has 0 aromatic rings. The van der Waals surface area contributed by atoms with Crippen molar-refractivity contribution in [2.45, 2.75) is 175 Å². The fourth-order valence-corrected chi connectivity index (χ4v) is 5.48. The molecule has 56 heavy (non-hydrogen) atoms. The molecule has 0 spiro atoms. The minimum absolute atomic E-state index is 0.118. The van der Waals surface area contributed by atoms with E-state index < -0.39 is 6.10 Å². The second kappa shape index (κ2) is 43.8. The smallest absolute Gasteiger partial charge is 0.306 e. The summed E-state index contributed by atoms with van der Waals surface area (Å²) in [5.74, 6) is -1.05. The molecule has 0 radical (unpaired) electrons. The number of unbranched alkanes of at least 4 members (excludes halogenated alkanes) is 15. The number of carbonyl (C=O) groups is 3. The van der Waals surface area contributed by atoms with E-state index in [1.165, 1.54) is 57.8 Å². The average molecular weight is 775 g/mol. The molecule has 0 aromatic heterocycles. The standard InChI is InChI=1S/C50H78O6/c1-4-7-10-13-16-19-22-25-28-31-34-37-40-43-49(52)55-46-47(45-54-48(51)42-39-36-33-30-27-24-21-18-15-12-9-6-3)56-50(53)44-41-38-35-32-29-26-23-20-17-14-11-8-5-2/h7-8,10-11,13-14,16-17,19-20,22-23,25-26,28-29,31,34,47H,4-6,9,12,15,18,21,24,27,30,32-33,35-46H2,1-3H3/b10-7-,11-8-,16-13-,17-14-,22-19-,23-20-,28-25-,29-26-,34-31-. The highest BCUT2D eigenvalue weighted by Gasteiger charge is 2.19. The Morgan fingerprint density at radius 1 is 0.375 bits per heavy atom. The van der Waals surface area contributed by atoms with Crippen molar-refractivity contribution in [2.24, 2.45) is 0 Å². The molecule has 0 aliphatic rings. The summed E-state index contributed by atoms with van der Waals surface area (Å²) in [4.78, 5) is 37.7. The lowest BCUT2D eigenvalue weighted by Crippen LogP contribution is -2.30. The zero-order chi connectivity index (χ0) is 40.8. The maximum Gasteiger partial charge on any atom is 0.306 e. The van der Waals surface area contributed by atoms with Gasteiger partial charge in [0.1, 0.15) is 13.2 Å². The van der Waals surface area contributed by atoms with Crippen LogP contribution in [-0.2, 0) is 28.6 Å². The van der Waals surface area contributed by atoms with Gasteiger partial charge < -0.3 is 14.2 Å². The number of allylic oxidation sites excluding steroid dienone is 18. The van der Waals surface area contributed by atoms with Crippen LogP contribution in [0.4, 0.5) is 0 Å². The molecule has 0 aliphatic heterocycles. The minimum Gasteiger partial charge on any atom is -0.462 e. The first-order valence-electron chi connectivity index (χ1n) is 22.0. The van der Waals surface area contributed by atoms with Crippen LogP contribution in [-0.4, -0.2) is 37.2 Å². The van der Waals surface area contributed by atoms with Gasteiger partial charge in [-0.1, -0.05) is 207 Å². The molecule has 0 heterocycles. The van der Waals surface area contributed by atoms with Gasteiger partial charge in [0.25, 0.3) is 0 Å². The van der Waals surface area contributed by atoms with E-state index in [9.17, 15) is 14.4 Å². The highest BCUT2D eigenvalue weighted by atomic mass is 16.6. The van der Waals surface area contributed by atoms with Crippen LogP contribution in [0, 0.1) is 0 Å². The third-order valence-electron chi connectivity index (χ3n) is 8.75. The molecule has 0 N–H and O–H groups in total. The Kier molecular flexibility index (Phi) is 40.7. The van der Waals surface area contributed by atoms with Crippen LogP contribution in [0.3, 0.4) is 0 Å². The Labute approximate surface area is 342 Å². The van der Waals surface area contributed by atoms with Crippen molar-refractivity contribution in [1.29, 1.82) is 0 Å². The lowest BCUT2D eigenvalue weighted by molar-refractivity contribution is -0.167. The number of carbonyl (C=O) groups excluding carboxylic acids is 3. The zero-order valence-electron chi connectivity index (χ0n) is 35.6. The van der Waals surface area contributed by atoms with Gasteiger partial charge in [0.15, 0.2) is 6.10 Å². The van der Waals surface area contributed by atoms with E-state index in [0.29, 0.717) is 19.3 Å². The van der Waals surface area contributed by atoms with Gasteiger partial charge in [-0.3, -0.25) is 14.4 Å². The molecule has 0 aromatic carbocycles. The number of rotatable bonds is 37. The lowest BCUT2D eigenvalue weighted by atomic mass is 10.0. The molecular weight excluding hydrogens is 697 g/mol. The molecule has 0 fully saturated rings. The van der Waals surface area contributed by atoms with Gasteiger partial charge in [-0.05, 0) is 51.4 Å². The van der Waals surface area contributed by atoms with E-state index in [-0.39, 0.29) is 44.0 Å². The summed E-state index contributed by atoms with van der Waals surface area (Å²) in [6.45, 7) is 6.21. The second-order valence-corrected chi connectivity index (χ2v) is 14.1. The van der Waals surface area contributed by atoms with Gasteiger partial charge in [-0.2, -0.15) is 0 Å². The first-order chi connectivity index (χ1) is 27.5. The molecule has 0 saturated heterocycles. The van der Waals surface area contributed by atoms with Crippen LogP contribution >= 0.6 is 0 Å². The molecule has 0 aliphatic carbocycles. The third kappa shape index (κ3) is 41.2. The second-order valence-electron chi connectivity index (χ2n) is 14.1. The summed E-state index contributed by atoms with van der Waals surface area (Å²) in [7, 11) is 0. The first kappa shape index (κ1) is 52.1. The number of hydrogen-bond donors (Lipinski definition) is 0. The van der Waals surface area contributed by atoms with Crippen LogP contribution in [0.2, 0.25) is 0 Å². The summed E-state index contributed by atoms with van der Waals surface area (Å²) < 4.78 is 16.6. The van der Waals surface area contributed by atoms with E-state index in [1.54, 1.807) is 0 Å². The van der Waals surface area contributed by atoms with E-state index in [0.717, 1.165) is 57.8 Å². The number of ether oxygens (including phenoxy) is 3. The van der Waals surface area contributed by atoms with Crippen LogP contribution in [0.1, 0.15) is 168 Å². The Hall–Kier alpha value is -3.93. The van der Waals surface area contributed by atoms with E-state index in [4.69, 9.17) is 14.2 Å². The van der Waals surface area contributed by atoms with Crippen LogP contribution < -0.4 is 0 Å². The van der Waals surface area contributed by atoms with Crippen LogP contribution in [0.15, 0.2) is 109 Å². The van der Waals surface area contributed by atoms with E-state index in [1.807, 2.05) is 91.1 Å². The maximum absolute atomic E-state index is 12.7. The van der Waals surface area contributed by atoms with Gasteiger partial charge in [-0.15, -0.1) is 0 Å². The Morgan fingerprint density at radius 3 is 1.16 bits per heavy atom. The maximum atomic E-state index is 12.7. The van der Waals surface area contributed by atoms with Gasteiger partial charge >= 0.3 is 17.9 Å². The van der Waals surface area contributed by atoms with Gasteiger partial charge in [0.2, 0.25) is 0 Å². The average Bonchev–Trinajstić information content (AvgIpc) is 3.19. The highest BCUT2D eigenvalue weighted by molar-refractivity contribution is 5.71. The van der Waals surface area contributed by atoms with E-state index >= 15 is 0 Å². The third-order valence-corrected chi connectivity index (χ3v) is 8.75. The molecule has 314 valence electrons. The summed E-state index contributed by atoms with van der Waals surface area (Å²) in [6, 6.07) is 0. The fraction of sp³-hybridized carbons (Fsp3) is 0.580. The largest absolute Gasteiger partial charge is 0.462 e. The van der Waals surface area contributed by atoms with Crippen molar-refractivity contribution in [2.75, 3.05) is 13.2 Å². The Bertz CT molecular complexity index is 1210. The molecule has 1 atom stereocenters. The Balaban J connectivity index is 4.59. The quantitative estimate of drug-likeness (QED) is 0.0271. The molecule has 0 saturated carbocycles. The highest BCUT2D eigenvalue weighted by Crippen LogP contribution is 2.13. The summed E-state index contributed by atoms with van der Waals surface area (Å²) in [5.41, 5.74) is 0. The predicted molar refractivity (Wildman–Crippen MR) is 237 cm³/mol. The Morgan fingerprint density at radius 2 is 0.714 bits per heavy atom. The van der Waals surface area contributed by atoms with Crippen molar-refractivity contribution >= 4 is 17.9 Å². The molecule has 1 unspecified atom stereocenters. The molecule has 6 heteroatoms. The topological polar surface area (TPSA) is 78.9 Å². The van der Waals surface area contributed by atoms with Gasteiger partial charge in [0, 0.05) is 19.3 Å². The lowest BCUT2D eigenvalue weighted by Gasteiger charge is -2.18. The summed E-state index contributed by atoms with van der Waals surface area (Å²) in [5, 5.41) is 0. The van der Waals surface area contributed by atoms with Crippen molar-refractivity contribution in [3.05, 3.63) is 109 Å².